The van der Waals surface area contributed by atoms with E-state index in [1.807, 2.05) is 54.6 Å². The molecule has 0 saturated heterocycles. The van der Waals surface area contributed by atoms with Crippen LogP contribution in [0, 0.1) is 0 Å². The van der Waals surface area contributed by atoms with Gasteiger partial charge in [-0.3, -0.25) is 4.79 Å². The second-order valence-electron chi connectivity index (χ2n) is 6.38. The van der Waals surface area contributed by atoms with Crippen LogP contribution in [0.3, 0.4) is 0 Å². The Bertz CT molecular complexity index is 1040. The Labute approximate surface area is 175 Å². The highest BCUT2D eigenvalue weighted by molar-refractivity contribution is 6.05. The number of anilines is 2. The number of nitrogens with one attached hydrogen (secondary N) is 2. The molecule has 0 radical (unpaired) electrons. The highest BCUT2D eigenvalue weighted by atomic mass is 16.5. The molecule has 2 N–H and O–H groups in total. The van der Waals surface area contributed by atoms with Gasteiger partial charge in [0.2, 0.25) is 0 Å². The van der Waals surface area contributed by atoms with E-state index in [1.165, 1.54) is 6.08 Å². The number of ketones is 1. The van der Waals surface area contributed by atoms with Crippen LogP contribution < -0.4 is 15.4 Å². The number of hydrogen-bond donors (Lipinski definition) is 2. The maximum Gasteiger partial charge on any atom is 0.323 e. The summed E-state index contributed by atoms with van der Waals surface area (Å²) in [5.74, 6) is 0.683. The van der Waals surface area contributed by atoms with Gasteiger partial charge in [-0.25, -0.2) is 4.79 Å². The topological polar surface area (TPSA) is 67.4 Å². The SMILES string of the molecule is COc1ccc(/C=C/C=C/C(=O)c2ccc(NC(=O)Nc3ccccc3)cc2)cc1. The van der Waals surface area contributed by atoms with E-state index >= 15 is 0 Å². The van der Waals surface area contributed by atoms with Gasteiger partial charge in [-0.05, 0) is 60.2 Å². The fourth-order valence-electron chi connectivity index (χ4n) is 2.65. The molecule has 2 amide bonds. The van der Waals surface area contributed by atoms with Crippen LogP contribution in [-0.2, 0) is 0 Å². The van der Waals surface area contributed by atoms with Crippen LogP contribution in [0.2, 0.25) is 0 Å². The predicted molar refractivity (Wildman–Crippen MR) is 121 cm³/mol. The zero-order chi connectivity index (χ0) is 21.2. The second-order valence-corrected chi connectivity index (χ2v) is 6.38. The predicted octanol–water partition coefficient (Wildman–Crippen LogP) is 5.79. The standard InChI is InChI=1S/C25H22N2O3/c1-30-23-17-11-19(12-18-23)7-5-6-10-24(28)20-13-15-22(16-14-20)27-25(29)26-21-8-3-2-4-9-21/h2-18H,1H3,(H2,26,27,29)/b7-5+,10-6+. The van der Waals surface area contributed by atoms with Crippen LogP contribution in [0.4, 0.5) is 16.2 Å². The molecule has 30 heavy (non-hydrogen) atoms. The number of para-hydroxylation sites is 1. The van der Waals surface area contributed by atoms with Gasteiger partial charge in [-0.15, -0.1) is 0 Å². The lowest BCUT2D eigenvalue weighted by Crippen LogP contribution is -2.19. The van der Waals surface area contributed by atoms with E-state index in [4.69, 9.17) is 4.74 Å². The molecule has 5 heteroatoms. The first-order valence-corrected chi connectivity index (χ1v) is 9.40. The van der Waals surface area contributed by atoms with Crippen LogP contribution >= 0.6 is 0 Å². The van der Waals surface area contributed by atoms with Crippen molar-refractivity contribution in [3.8, 4) is 5.75 Å². The molecule has 0 fully saturated rings. The largest absolute Gasteiger partial charge is 0.497 e. The van der Waals surface area contributed by atoms with Crippen molar-refractivity contribution in [3.63, 3.8) is 0 Å². The monoisotopic (exact) mass is 398 g/mol. The van der Waals surface area contributed by atoms with Gasteiger partial charge in [-0.2, -0.15) is 0 Å². The molecule has 0 saturated carbocycles. The molecular weight excluding hydrogens is 376 g/mol. The molecule has 0 aliphatic rings. The Morgan fingerprint density at radius 1 is 0.767 bits per heavy atom. The Hall–Kier alpha value is -4.12. The number of rotatable bonds is 7. The van der Waals surface area contributed by atoms with Gasteiger partial charge in [0.1, 0.15) is 5.75 Å². The molecule has 0 atom stereocenters. The lowest BCUT2D eigenvalue weighted by molar-refractivity contribution is 0.104. The maximum atomic E-state index is 12.3. The van der Waals surface area contributed by atoms with E-state index in [-0.39, 0.29) is 11.8 Å². The summed E-state index contributed by atoms with van der Waals surface area (Å²) in [6.07, 6.45) is 6.92. The van der Waals surface area contributed by atoms with Gasteiger partial charge in [0.15, 0.2) is 5.78 Å². The summed E-state index contributed by atoms with van der Waals surface area (Å²) >= 11 is 0. The fraction of sp³-hybridized carbons (Fsp3) is 0.0400. The Balaban J connectivity index is 1.52. The normalized spacial score (nSPS) is 10.8. The zero-order valence-electron chi connectivity index (χ0n) is 16.5. The van der Waals surface area contributed by atoms with E-state index in [2.05, 4.69) is 10.6 Å². The summed E-state index contributed by atoms with van der Waals surface area (Å²) in [6, 6.07) is 23.2. The molecule has 0 aliphatic heterocycles. The zero-order valence-corrected chi connectivity index (χ0v) is 16.5. The summed E-state index contributed by atoms with van der Waals surface area (Å²) in [5.41, 5.74) is 2.85. The van der Waals surface area contributed by atoms with Crippen LogP contribution in [0.15, 0.2) is 97.1 Å². The van der Waals surface area contributed by atoms with Gasteiger partial charge in [-0.1, -0.05) is 48.6 Å². The van der Waals surface area contributed by atoms with Gasteiger partial charge in [0.25, 0.3) is 0 Å². The van der Waals surface area contributed by atoms with Crippen molar-refractivity contribution in [1.29, 1.82) is 0 Å². The smallest absolute Gasteiger partial charge is 0.323 e. The molecule has 0 aliphatic carbocycles. The minimum Gasteiger partial charge on any atom is -0.497 e. The number of methoxy groups -OCH3 is 1. The average molecular weight is 398 g/mol. The Morgan fingerprint density at radius 3 is 2.03 bits per heavy atom. The van der Waals surface area contributed by atoms with E-state index in [9.17, 15) is 9.59 Å². The third-order valence-corrected chi connectivity index (χ3v) is 4.22. The molecule has 5 nitrogen and oxygen atoms in total. The summed E-state index contributed by atoms with van der Waals surface area (Å²) in [4.78, 5) is 24.3. The van der Waals surface area contributed by atoms with Crippen LogP contribution in [0.5, 0.6) is 5.75 Å². The van der Waals surface area contributed by atoms with Crippen LogP contribution in [-0.4, -0.2) is 18.9 Å². The van der Waals surface area contributed by atoms with Crippen molar-refractivity contribution in [2.45, 2.75) is 0 Å². The van der Waals surface area contributed by atoms with Crippen molar-refractivity contribution in [2.24, 2.45) is 0 Å². The number of benzene rings is 3. The molecular formula is C25H22N2O3. The van der Waals surface area contributed by atoms with Crippen LogP contribution in [0.25, 0.3) is 6.08 Å². The summed E-state index contributed by atoms with van der Waals surface area (Å²) in [6.45, 7) is 0. The first-order valence-electron chi connectivity index (χ1n) is 9.40. The van der Waals surface area contributed by atoms with Crippen molar-refractivity contribution in [3.05, 3.63) is 108 Å². The van der Waals surface area contributed by atoms with E-state index in [0.717, 1.165) is 11.3 Å². The summed E-state index contributed by atoms with van der Waals surface area (Å²) in [7, 11) is 1.63. The maximum absolute atomic E-state index is 12.3. The van der Waals surface area contributed by atoms with Gasteiger partial charge < -0.3 is 15.4 Å². The Morgan fingerprint density at radius 2 is 1.40 bits per heavy atom. The van der Waals surface area contributed by atoms with E-state index < -0.39 is 0 Å². The van der Waals surface area contributed by atoms with E-state index in [1.54, 1.807) is 49.6 Å². The summed E-state index contributed by atoms with van der Waals surface area (Å²) in [5, 5.41) is 5.47. The Kier molecular flexibility index (Phi) is 7.17. The minimum atomic E-state index is -0.344. The lowest BCUT2D eigenvalue weighted by Gasteiger charge is -2.07. The summed E-state index contributed by atoms with van der Waals surface area (Å²) < 4.78 is 5.12. The third-order valence-electron chi connectivity index (χ3n) is 4.22. The highest BCUT2D eigenvalue weighted by Crippen LogP contribution is 2.13. The van der Waals surface area contributed by atoms with Gasteiger partial charge in [0.05, 0.1) is 7.11 Å². The van der Waals surface area contributed by atoms with Crippen molar-refractivity contribution < 1.29 is 14.3 Å². The van der Waals surface area contributed by atoms with Crippen molar-refractivity contribution >= 4 is 29.3 Å². The quantitative estimate of drug-likeness (QED) is 0.301. The number of urea groups is 1. The molecule has 0 unspecified atom stereocenters. The van der Waals surface area contributed by atoms with Crippen LogP contribution in [0.1, 0.15) is 15.9 Å². The van der Waals surface area contributed by atoms with Crippen molar-refractivity contribution in [2.75, 3.05) is 17.7 Å². The van der Waals surface area contributed by atoms with Gasteiger partial charge in [0, 0.05) is 16.9 Å². The molecule has 0 bridgehead atoms. The first-order chi connectivity index (χ1) is 14.6. The number of allylic oxidation sites excluding steroid dienone is 3. The highest BCUT2D eigenvalue weighted by Gasteiger charge is 2.04. The fourth-order valence-corrected chi connectivity index (χ4v) is 2.65. The second kappa shape index (κ2) is 10.4. The molecule has 3 aromatic rings. The number of carbonyl (C=O) groups is 2. The number of ether oxygens (including phenoxy) is 1. The minimum absolute atomic E-state index is 0.116. The molecule has 3 rings (SSSR count). The number of hydrogen-bond acceptors (Lipinski definition) is 3. The third kappa shape index (κ3) is 6.21. The number of carbonyl (C=O) groups excluding carboxylic acids is 2. The average Bonchev–Trinajstić information content (AvgIpc) is 2.78. The molecule has 150 valence electrons. The molecule has 0 aromatic heterocycles. The molecule has 0 heterocycles. The van der Waals surface area contributed by atoms with Gasteiger partial charge >= 0.3 is 6.03 Å². The van der Waals surface area contributed by atoms with Crippen molar-refractivity contribution in [1.82, 2.24) is 0 Å². The number of amides is 2. The molecule has 3 aromatic carbocycles. The lowest BCUT2D eigenvalue weighted by atomic mass is 10.1. The van der Waals surface area contributed by atoms with E-state index in [0.29, 0.717) is 16.9 Å². The first kappa shape index (κ1) is 20.6. The molecule has 0 spiro atoms.